The normalized spacial score (nSPS) is 33.2. The predicted octanol–water partition coefficient (Wildman–Crippen LogP) is 6.57. The molecule has 1 aliphatic carbocycles. The minimum atomic E-state index is -0.639. The molecule has 4 nitrogen and oxygen atoms in total. The van der Waals surface area contributed by atoms with E-state index in [-0.39, 0.29) is 40.3 Å². The maximum absolute atomic E-state index is 14.4. The third kappa shape index (κ3) is 4.68. The van der Waals surface area contributed by atoms with Crippen LogP contribution in [0, 0.1) is 40.7 Å². The Morgan fingerprint density at radius 3 is 2.33 bits per heavy atom. The van der Waals surface area contributed by atoms with Crippen LogP contribution in [0.2, 0.25) is 0 Å². The van der Waals surface area contributed by atoms with Crippen molar-refractivity contribution in [2.24, 2.45) is 39.3 Å². The van der Waals surface area contributed by atoms with Gasteiger partial charge in [0.1, 0.15) is 17.4 Å². The van der Waals surface area contributed by atoms with E-state index < -0.39 is 11.6 Å². The van der Waals surface area contributed by atoms with Crippen LogP contribution in [0.15, 0.2) is 34.5 Å². The monoisotopic (exact) mass is 457 g/mol. The van der Waals surface area contributed by atoms with Crippen molar-refractivity contribution in [1.29, 1.82) is 0 Å². The van der Waals surface area contributed by atoms with Crippen LogP contribution in [0.4, 0.5) is 8.78 Å². The second-order valence-corrected chi connectivity index (χ2v) is 10.8. The molecule has 33 heavy (non-hydrogen) atoms. The van der Waals surface area contributed by atoms with Gasteiger partial charge in [0.05, 0.1) is 11.3 Å². The number of fused-ring (bicyclic) bond motifs is 2. The van der Waals surface area contributed by atoms with E-state index in [0.717, 1.165) is 32.1 Å². The van der Waals surface area contributed by atoms with Crippen LogP contribution in [0.25, 0.3) is 5.70 Å². The minimum Gasteiger partial charge on any atom is -0.311 e. The molecule has 2 saturated heterocycles. The zero-order valence-corrected chi connectivity index (χ0v) is 20.3. The zero-order chi connectivity index (χ0) is 23.8. The first-order chi connectivity index (χ1) is 15.7. The Morgan fingerprint density at radius 1 is 1.12 bits per heavy atom. The summed E-state index contributed by atoms with van der Waals surface area (Å²) in [4.78, 5) is 13.9. The molecule has 4 rings (SSSR count). The van der Waals surface area contributed by atoms with Crippen molar-refractivity contribution >= 4 is 11.5 Å². The molecule has 0 spiro atoms. The topological polar surface area (TPSA) is 53.8 Å². The van der Waals surface area contributed by atoms with Gasteiger partial charge in [-0.15, -0.1) is 0 Å². The largest absolute Gasteiger partial charge is 0.311 e. The summed E-state index contributed by atoms with van der Waals surface area (Å²) in [5.74, 6) is -0.0821. The van der Waals surface area contributed by atoms with Crippen LogP contribution >= 0.6 is 0 Å². The number of hydrogen-bond acceptors (Lipinski definition) is 4. The Labute approximate surface area is 196 Å². The third-order valence-electron chi connectivity index (χ3n) is 8.62. The van der Waals surface area contributed by atoms with Crippen molar-refractivity contribution in [3.05, 3.63) is 41.5 Å². The number of ketones is 1. The lowest BCUT2D eigenvalue weighted by Gasteiger charge is -2.39. The van der Waals surface area contributed by atoms with Gasteiger partial charge in [0.15, 0.2) is 0 Å². The van der Waals surface area contributed by atoms with Gasteiger partial charge in [0.25, 0.3) is 0 Å². The van der Waals surface area contributed by atoms with Gasteiger partial charge in [-0.25, -0.2) is 8.78 Å². The summed E-state index contributed by atoms with van der Waals surface area (Å²) in [5, 5.41) is 11.5. The van der Waals surface area contributed by atoms with E-state index in [2.05, 4.69) is 36.3 Å². The number of nitrogens with zero attached hydrogens (tertiary/aromatic N) is 2. The minimum absolute atomic E-state index is 0.0298. The Bertz CT molecular complexity index is 911. The van der Waals surface area contributed by atoms with E-state index in [0.29, 0.717) is 17.9 Å². The quantitative estimate of drug-likeness (QED) is 0.471. The Kier molecular flexibility index (Phi) is 7.13. The van der Waals surface area contributed by atoms with Crippen LogP contribution in [-0.4, -0.2) is 24.9 Å². The highest BCUT2D eigenvalue weighted by Gasteiger charge is 2.51. The summed E-state index contributed by atoms with van der Waals surface area (Å²) in [5.41, 5.74) is -0.211. The Balaban J connectivity index is 1.55. The van der Waals surface area contributed by atoms with Crippen molar-refractivity contribution in [3.8, 4) is 0 Å². The van der Waals surface area contributed by atoms with Gasteiger partial charge < -0.3 is 5.32 Å². The van der Waals surface area contributed by atoms with Crippen molar-refractivity contribution in [2.75, 3.05) is 7.05 Å². The van der Waals surface area contributed by atoms with E-state index in [9.17, 15) is 13.6 Å². The van der Waals surface area contributed by atoms with Gasteiger partial charge in [-0.1, -0.05) is 32.9 Å². The summed E-state index contributed by atoms with van der Waals surface area (Å²) >= 11 is 0. The first-order valence-electron chi connectivity index (χ1n) is 12.5. The molecule has 5 atom stereocenters. The lowest BCUT2D eigenvalue weighted by molar-refractivity contribution is -0.136. The van der Waals surface area contributed by atoms with E-state index in [1.165, 1.54) is 38.1 Å². The smallest absolute Gasteiger partial charge is 0.142 e. The highest BCUT2D eigenvalue weighted by molar-refractivity contribution is 5.88. The molecule has 1 saturated carbocycles. The number of azo groups is 1. The summed E-state index contributed by atoms with van der Waals surface area (Å²) in [6.45, 7) is 6.43. The first-order valence-corrected chi connectivity index (χ1v) is 12.5. The molecule has 2 bridgehead atoms. The second kappa shape index (κ2) is 9.73. The molecule has 1 N–H and O–H groups in total. The van der Waals surface area contributed by atoms with Crippen molar-refractivity contribution < 1.29 is 13.6 Å². The molecule has 3 fully saturated rings. The zero-order valence-electron chi connectivity index (χ0n) is 20.3. The van der Waals surface area contributed by atoms with Crippen LogP contribution in [0.1, 0.15) is 71.3 Å². The van der Waals surface area contributed by atoms with Gasteiger partial charge in [-0.05, 0) is 74.8 Å². The molecular weight excluding hydrogens is 420 g/mol. The van der Waals surface area contributed by atoms with Gasteiger partial charge in [0.2, 0.25) is 0 Å². The molecule has 1 aromatic rings. The lowest BCUT2D eigenvalue weighted by Crippen LogP contribution is -2.46. The molecule has 0 amide bonds. The second-order valence-electron chi connectivity index (χ2n) is 10.8. The molecule has 0 aromatic heterocycles. The number of Topliss-reactive ketones (excluding diaryl/α,β-unsaturated/α-hetero) is 1. The fourth-order valence-electron chi connectivity index (χ4n) is 6.68. The fourth-order valence-corrected chi connectivity index (χ4v) is 6.68. The van der Waals surface area contributed by atoms with Gasteiger partial charge in [0, 0.05) is 30.5 Å². The summed E-state index contributed by atoms with van der Waals surface area (Å²) < 4.78 is 28.9. The number of halogens is 2. The van der Waals surface area contributed by atoms with Gasteiger partial charge in [-0.3, -0.25) is 4.79 Å². The van der Waals surface area contributed by atoms with E-state index >= 15 is 0 Å². The highest BCUT2D eigenvalue weighted by Crippen LogP contribution is 2.53. The summed E-state index contributed by atoms with van der Waals surface area (Å²) in [6, 6.07) is 4.83. The summed E-state index contributed by atoms with van der Waals surface area (Å²) in [7, 11) is 1.50. The predicted molar refractivity (Wildman–Crippen MR) is 127 cm³/mol. The standard InChI is InChI=1S/C27H37F2N3O/c1-16(2)27(26(33)19-13-20-8-9-21(14-19)31-20)11-10-18(15-27)17(3)12-24(32-30-4)25-22(28)6-5-7-23(25)29/h5-7,12,16-21,31H,8-11,13-15H2,1-4H3/b24-12-,32-30?/t17?,18-,19?,20?,21?,27+/m0/s1. The van der Waals surface area contributed by atoms with Crippen LogP contribution in [0.3, 0.4) is 0 Å². The number of carbonyl (C=O) groups is 1. The van der Waals surface area contributed by atoms with Crippen LogP contribution in [0.5, 0.6) is 0 Å². The fraction of sp³-hybridized carbons (Fsp3) is 0.667. The first kappa shape index (κ1) is 24.2. The van der Waals surface area contributed by atoms with E-state index in [1.54, 1.807) is 0 Å². The van der Waals surface area contributed by atoms with Crippen molar-refractivity contribution in [2.45, 2.75) is 77.8 Å². The lowest BCUT2D eigenvalue weighted by atomic mass is 9.66. The molecular formula is C27H37F2N3O. The molecule has 6 heteroatoms. The maximum Gasteiger partial charge on any atom is 0.142 e. The average Bonchev–Trinajstić information content (AvgIpc) is 3.37. The number of allylic oxidation sites excluding steroid dienone is 1. The molecule has 2 heterocycles. The SMILES string of the molecule is CN=N/C(=C\C(C)[C@H]1CC[C@](C(=O)C2CC3CCC(C2)N3)(C(C)C)C1)c1c(F)cccc1F. The average molecular weight is 458 g/mol. The molecule has 0 radical (unpaired) electrons. The molecule has 2 aliphatic heterocycles. The molecule has 3 unspecified atom stereocenters. The van der Waals surface area contributed by atoms with Crippen LogP contribution < -0.4 is 5.32 Å². The summed E-state index contributed by atoms with van der Waals surface area (Å²) in [6.07, 6.45) is 8.82. The van der Waals surface area contributed by atoms with Crippen molar-refractivity contribution in [1.82, 2.24) is 5.32 Å². The number of piperidine rings is 1. The molecule has 180 valence electrons. The molecule has 1 aromatic carbocycles. The third-order valence-corrected chi connectivity index (χ3v) is 8.62. The number of carbonyl (C=O) groups excluding carboxylic acids is 1. The van der Waals surface area contributed by atoms with Gasteiger partial charge >= 0.3 is 0 Å². The maximum atomic E-state index is 14.4. The van der Waals surface area contributed by atoms with E-state index in [1.807, 2.05) is 6.08 Å². The number of benzene rings is 1. The van der Waals surface area contributed by atoms with Crippen LogP contribution in [-0.2, 0) is 4.79 Å². The Hall–Kier alpha value is -1.95. The Morgan fingerprint density at radius 2 is 1.76 bits per heavy atom. The van der Waals surface area contributed by atoms with Crippen molar-refractivity contribution in [3.63, 3.8) is 0 Å². The number of hydrogen-bond donors (Lipinski definition) is 1. The highest BCUT2D eigenvalue weighted by atomic mass is 19.1. The molecule has 3 aliphatic rings. The van der Waals surface area contributed by atoms with Gasteiger partial charge in [-0.2, -0.15) is 10.2 Å². The number of nitrogens with one attached hydrogen (secondary N) is 1. The van der Waals surface area contributed by atoms with E-state index in [4.69, 9.17) is 0 Å². The number of rotatable bonds is 7.